The van der Waals surface area contributed by atoms with Crippen LogP contribution in [0.15, 0.2) is 77.8 Å². The van der Waals surface area contributed by atoms with Crippen molar-refractivity contribution in [1.82, 2.24) is 0 Å². The number of benzodiazepines with no additional fused rings is 1. The topological polar surface area (TPSA) is 61.7 Å². The molecule has 1 aliphatic rings. The SMILES string of the molecule is CC.O=C1Nc2ccc(Cl)cc2C(c2ccc(O)cc2)=NC1Cc1ccccc1. The smallest absolute Gasteiger partial charge is 0.249 e. The van der Waals surface area contributed by atoms with Crippen LogP contribution >= 0.6 is 11.6 Å². The molecule has 4 nitrogen and oxygen atoms in total. The maximum absolute atomic E-state index is 12.8. The lowest BCUT2D eigenvalue weighted by Crippen LogP contribution is -2.27. The van der Waals surface area contributed by atoms with Crippen LogP contribution in [0.25, 0.3) is 0 Å². The average Bonchev–Trinajstić information content (AvgIpc) is 2.88. The van der Waals surface area contributed by atoms with Crippen LogP contribution < -0.4 is 5.32 Å². The molecular formula is C24H23ClN2O2. The van der Waals surface area contributed by atoms with Gasteiger partial charge in [-0.05, 0) is 48.0 Å². The molecule has 1 heterocycles. The van der Waals surface area contributed by atoms with E-state index >= 15 is 0 Å². The van der Waals surface area contributed by atoms with E-state index in [1.54, 1.807) is 42.5 Å². The number of carbonyl (C=O) groups excluding carboxylic acids is 1. The van der Waals surface area contributed by atoms with E-state index < -0.39 is 6.04 Å². The summed E-state index contributed by atoms with van der Waals surface area (Å²) < 4.78 is 0. The van der Waals surface area contributed by atoms with Crippen molar-refractivity contribution in [2.24, 2.45) is 4.99 Å². The first-order valence-electron chi connectivity index (χ1n) is 9.62. The molecule has 1 unspecified atom stereocenters. The third-order valence-electron chi connectivity index (χ3n) is 4.49. The van der Waals surface area contributed by atoms with E-state index in [1.165, 1.54) is 0 Å². The quantitative estimate of drug-likeness (QED) is 0.605. The number of aliphatic imine (C=N–C) groups is 1. The van der Waals surface area contributed by atoms with Gasteiger partial charge < -0.3 is 10.4 Å². The van der Waals surface area contributed by atoms with E-state index in [4.69, 9.17) is 16.6 Å². The van der Waals surface area contributed by atoms with Crippen molar-refractivity contribution in [3.05, 3.63) is 94.5 Å². The van der Waals surface area contributed by atoms with Gasteiger partial charge in [0.25, 0.3) is 0 Å². The molecule has 0 fully saturated rings. The Morgan fingerprint density at radius 2 is 1.69 bits per heavy atom. The molecule has 0 aliphatic carbocycles. The molecule has 5 heteroatoms. The number of amides is 1. The van der Waals surface area contributed by atoms with Gasteiger partial charge in [-0.1, -0.05) is 55.8 Å². The number of rotatable bonds is 3. The number of hydrogen-bond donors (Lipinski definition) is 2. The summed E-state index contributed by atoms with van der Waals surface area (Å²) in [4.78, 5) is 17.6. The number of fused-ring (bicyclic) bond motifs is 1. The third-order valence-corrected chi connectivity index (χ3v) is 4.73. The zero-order chi connectivity index (χ0) is 20.8. The summed E-state index contributed by atoms with van der Waals surface area (Å²) >= 11 is 6.20. The molecule has 0 bridgehead atoms. The second-order valence-electron chi connectivity index (χ2n) is 6.41. The van der Waals surface area contributed by atoms with E-state index in [-0.39, 0.29) is 11.7 Å². The van der Waals surface area contributed by atoms with Crippen molar-refractivity contribution in [3.63, 3.8) is 0 Å². The van der Waals surface area contributed by atoms with Crippen LogP contribution in [0.5, 0.6) is 5.75 Å². The molecule has 0 radical (unpaired) electrons. The van der Waals surface area contributed by atoms with Crippen molar-refractivity contribution in [2.45, 2.75) is 26.3 Å². The van der Waals surface area contributed by atoms with Gasteiger partial charge in [0.1, 0.15) is 11.8 Å². The van der Waals surface area contributed by atoms with E-state index in [0.29, 0.717) is 22.8 Å². The number of nitrogens with zero attached hydrogens (tertiary/aromatic N) is 1. The van der Waals surface area contributed by atoms with Gasteiger partial charge in [-0.2, -0.15) is 0 Å². The van der Waals surface area contributed by atoms with Gasteiger partial charge >= 0.3 is 0 Å². The van der Waals surface area contributed by atoms with Crippen LogP contribution in [0.1, 0.15) is 30.5 Å². The number of phenolic OH excluding ortho intramolecular Hbond substituents is 1. The Bertz CT molecular complexity index is 1010. The summed E-state index contributed by atoms with van der Waals surface area (Å²) in [5, 5.41) is 13.1. The number of hydrogen-bond acceptors (Lipinski definition) is 3. The highest BCUT2D eigenvalue weighted by atomic mass is 35.5. The number of aromatic hydroxyl groups is 1. The number of anilines is 1. The van der Waals surface area contributed by atoms with Crippen LogP contribution in [0.2, 0.25) is 5.02 Å². The molecule has 29 heavy (non-hydrogen) atoms. The highest BCUT2D eigenvalue weighted by molar-refractivity contribution is 6.32. The minimum Gasteiger partial charge on any atom is -0.508 e. The van der Waals surface area contributed by atoms with Gasteiger partial charge in [-0.25, -0.2) is 0 Å². The maximum atomic E-state index is 12.8. The van der Waals surface area contributed by atoms with E-state index in [2.05, 4.69) is 5.32 Å². The van der Waals surface area contributed by atoms with Gasteiger partial charge in [-0.15, -0.1) is 0 Å². The van der Waals surface area contributed by atoms with Gasteiger partial charge in [0.15, 0.2) is 0 Å². The largest absolute Gasteiger partial charge is 0.508 e. The van der Waals surface area contributed by atoms with E-state index in [9.17, 15) is 9.90 Å². The average molecular weight is 407 g/mol. The minimum absolute atomic E-state index is 0.156. The lowest BCUT2D eigenvalue weighted by atomic mass is 10.00. The van der Waals surface area contributed by atoms with Crippen LogP contribution in [0.3, 0.4) is 0 Å². The monoisotopic (exact) mass is 406 g/mol. The Morgan fingerprint density at radius 3 is 2.38 bits per heavy atom. The number of carbonyl (C=O) groups is 1. The van der Waals surface area contributed by atoms with Gasteiger partial charge in [-0.3, -0.25) is 9.79 Å². The molecule has 4 rings (SSSR count). The van der Waals surface area contributed by atoms with Gasteiger partial charge in [0.2, 0.25) is 5.91 Å². The Balaban J connectivity index is 0.00000117. The van der Waals surface area contributed by atoms with Crippen LogP contribution in [0, 0.1) is 0 Å². The molecule has 3 aromatic rings. The third kappa shape index (κ3) is 4.84. The maximum Gasteiger partial charge on any atom is 0.249 e. The molecule has 3 aromatic carbocycles. The standard InChI is InChI=1S/C22H17ClN2O2.C2H6/c23-16-8-11-19-18(13-16)21(15-6-9-17(26)10-7-15)24-20(22(27)25-19)12-14-4-2-1-3-5-14;1-2/h1-11,13,20,26H,12H2,(H,25,27);1-2H3. The lowest BCUT2D eigenvalue weighted by molar-refractivity contribution is -0.117. The summed E-state index contributed by atoms with van der Waals surface area (Å²) in [6.45, 7) is 4.00. The number of halogens is 1. The zero-order valence-electron chi connectivity index (χ0n) is 16.4. The zero-order valence-corrected chi connectivity index (χ0v) is 17.1. The first kappa shape index (κ1) is 20.6. The highest BCUT2D eigenvalue weighted by Gasteiger charge is 2.26. The summed E-state index contributed by atoms with van der Waals surface area (Å²) in [6.07, 6.45) is 0.496. The first-order chi connectivity index (χ1) is 14.1. The fraction of sp³-hybridized carbons (Fsp3) is 0.167. The molecule has 1 atom stereocenters. The molecule has 1 amide bonds. The molecule has 0 spiro atoms. The highest BCUT2D eigenvalue weighted by Crippen LogP contribution is 2.28. The Hall–Kier alpha value is -3.11. The minimum atomic E-state index is -0.567. The molecule has 0 saturated heterocycles. The van der Waals surface area contributed by atoms with Crippen LogP contribution in [-0.2, 0) is 11.2 Å². The molecule has 0 aromatic heterocycles. The number of phenols is 1. The predicted octanol–water partition coefficient (Wildman–Crippen LogP) is 5.47. The van der Waals surface area contributed by atoms with Crippen molar-refractivity contribution >= 4 is 28.9 Å². The second kappa shape index (κ2) is 9.39. The van der Waals surface area contributed by atoms with Gasteiger partial charge in [0, 0.05) is 22.6 Å². The fourth-order valence-electron chi connectivity index (χ4n) is 3.15. The fourth-order valence-corrected chi connectivity index (χ4v) is 3.32. The summed E-state index contributed by atoms with van der Waals surface area (Å²) in [5.74, 6) is 0.0190. The van der Waals surface area contributed by atoms with E-state index in [1.807, 2.05) is 44.2 Å². The predicted molar refractivity (Wildman–Crippen MR) is 119 cm³/mol. The first-order valence-corrected chi connectivity index (χ1v) is 10.00. The van der Waals surface area contributed by atoms with Crippen molar-refractivity contribution < 1.29 is 9.90 Å². The molecule has 0 saturated carbocycles. The Labute approximate surface area is 175 Å². The summed E-state index contributed by atoms with van der Waals surface area (Å²) in [7, 11) is 0. The van der Waals surface area contributed by atoms with Crippen molar-refractivity contribution in [1.29, 1.82) is 0 Å². The van der Waals surface area contributed by atoms with Crippen LogP contribution in [-0.4, -0.2) is 22.8 Å². The molecule has 1 aliphatic heterocycles. The van der Waals surface area contributed by atoms with Crippen molar-refractivity contribution in [2.75, 3.05) is 5.32 Å². The number of nitrogens with one attached hydrogen (secondary N) is 1. The molecule has 148 valence electrons. The van der Waals surface area contributed by atoms with E-state index in [0.717, 1.165) is 16.7 Å². The normalized spacial score (nSPS) is 15.2. The summed E-state index contributed by atoms with van der Waals surface area (Å²) in [6, 6.07) is 21.4. The number of benzene rings is 3. The summed E-state index contributed by atoms with van der Waals surface area (Å²) in [5.41, 5.74) is 3.96. The lowest BCUT2D eigenvalue weighted by Gasteiger charge is -2.11. The van der Waals surface area contributed by atoms with Crippen LogP contribution in [0.4, 0.5) is 5.69 Å². The molecular weight excluding hydrogens is 384 g/mol. The molecule has 2 N–H and O–H groups in total. The Kier molecular flexibility index (Phi) is 6.68. The second-order valence-corrected chi connectivity index (χ2v) is 6.85. The Morgan fingerprint density at radius 1 is 1.00 bits per heavy atom. The van der Waals surface area contributed by atoms with Crippen molar-refractivity contribution in [3.8, 4) is 5.75 Å². The van der Waals surface area contributed by atoms with Gasteiger partial charge in [0.05, 0.1) is 11.4 Å².